The summed E-state index contributed by atoms with van der Waals surface area (Å²) in [6, 6.07) is 13.4. The first kappa shape index (κ1) is 21.3. The highest BCUT2D eigenvalue weighted by atomic mass is 35.5. The van der Waals surface area contributed by atoms with Gasteiger partial charge in [-0.1, -0.05) is 41.9 Å². The molecule has 31 heavy (non-hydrogen) atoms. The first-order chi connectivity index (χ1) is 14.6. The van der Waals surface area contributed by atoms with Gasteiger partial charge in [0.05, 0.1) is 11.1 Å². The van der Waals surface area contributed by atoms with Gasteiger partial charge in [0.25, 0.3) is 0 Å². The van der Waals surface area contributed by atoms with Crippen molar-refractivity contribution in [2.24, 2.45) is 5.92 Å². The lowest BCUT2D eigenvalue weighted by atomic mass is 9.98. The molecule has 6 heteroatoms. The highest BCUT2D eigenvalue weighted by Crippen LogP contribution is 2.51. The van der Waals surface area contributed by atoms with Crippen LogP contribution in [0.1, 0.15) is 53.2 Å². The van der Waals surface area contributed by atoms with E-state index in [4.69, 9.17) is 16.3 Å². The number of hydrogen-bond donors (Lipinski definition) is 1. The second kappa shape index (κ2) is 7.65. The van der Waals surface area contributed by atoms with Crippen LogP contribution < -0.4 is 4.74 Å². The molecule has 2 unspecified atom stereocenters. The summed E-state index contributed by atoms with van der Waals surface area (Å²) in [5, 5.41) is 10.5. The molecule has 160 valence electrons. The number of fused-ring (bicyclic) bond motifs is 1. The van der Waals surface area contributed by atoms with Crippen molar-refractivity contribution in [3.05, 3.63) is 69.9 Å². The number of carbonyl (C=O) groups excluding carboxylic acids is 1. The molecule has 1 heterocycles. The number of nitrogens with zero attached hydrogens (tertiary/aromatic N) is 1. The Morgan fingerprint density at radius 1 is 1.13 bits per heavy atom. The molecule has 2 aromatic carbocycles. The van der Waals surface area contributed by atoms with Crippen molar-refractivity contribution in [2.45, 2.75) is 45.6 Å². The number of carboxylic acids is 1. The van der Waals surface area contributed by atoms with Gasteiger partial charge >= 0.3 is 5.97 Å². The Kier molecular flexibility index (Phi) is 5.26. The second-order valence-corrected chi connectivity index (χ2v) is 9.09. The van der Waals surface area contributed by atoms with Crippen molar-refractivity contribution in [1.29, 1.82) is 0 Å². The minimum absolute atomic E-state index is 0.0101. The number of aliphatic carboxylic acids is 1. The van der Waals surface area contributed by atoms with Gasteiger partial charge in [0.1, 0.15) is 10.9 Å². The van der Waals surface area contributed by atoms with E-state index in [0.29, 0.717) is 11.3 Å². The standard InChI is InChI=1S/C25H24ClNO4/c1-13-9-16(10-14(2)22(13)31-25(3,4)24(29)30)17-12-18(17)21(28)19-11-15-7-5-6-8-20(15)27-23(19)26/h5-11,17-18H,12H2,1-4H3,(H,29,30). The van der Waals surface area contributed by atoms with Crippen molar-refractivity contribution in [3.8, 4) is 5.75 Å². The molecule has 1 aliphatic rings. The maximum Gasteiger partial charge on any atom is 0.347 e. The number of rotatable bonds is 6. The summed E-state index contributed by atoms with van der Waals surface area (Å²) < 4.78 is 5.79. The Bertz CT molecular complexity index is 1190. The summed E-state index contributed by atoms with van der Waals surface area (Å²) >= 11 is 6.33. The summed E-state index contributed by atoms with van der Waals surface area (Å²) in [5.74, 6) is -0.475. The van der Waals surface area contributed by atoms with Crippen LogP contribution in [0.25, 0.3) is 10.9 Å². The lowest BCUT2D eigenvalue weighted by Crippen LogP contribution is -2.38. The molecule has 4 rings (SSSR count). The lowest BCUT2D eigenvalue weighted by molar-refractivity contribution is -0.152. The number of Topliss-reactive ketones (excluding diaryl/α,β-unsaturated/α-hetero) is 1. The Hall–Kier alpha value is -2.92. The molecule has 1 aliphatic carbocycles. The van der Waals surface area contributed by atoms with E-state index in [0.717, 1.165) is 34.0 Å². The molecule has 0 saturated heterocycles. The first-order valence-electron chi connectivity index (χ1n) is 10.2. The number of carbonyl (C=O) groups is 2. The van der Waals surface area contributed by atoms with Crippen LogP contribution in [0.15, 0.2) is 42.5 Å². The normalized spacial score (nSPS) is 18.1. The number of aryl methyl sites for hydroxylation is 2. The summed E-state index contributed by atoms with van der Waals surface area (Å²) in [5.41, 5.74) is 2.67. The zero-order valence-corrected chi connectivity index (χ0v) is 18.7. The van der Waals surface area contributed by atoms with E-state index >= 15 is 0 Å². The third-order valence-corrected chi connectivity index (χ3v) is 6.14. The summed E-state index contributed by atoms with van der Waals surface area (Å²) in [6.45, 7) is 6.85. The number of ether oxygens (including phenoxy) is 1. The van der Waals surface area contributed by atoms with Gasteiger partial charge in [-0.25, -0.2) is 9.78 Å². The van der Waals surface area contributed by atoms with E-state index in [1.165, 1.54) is 13.8 Å². The Labute approximate surface area is 186 Å². The predicted octanol–water partition coefficient (Wildman–Crippen LogP) is 5.73. The quantitative estimate of drug-likeness (QED) is 0.393. The van der Waals surface area contributed by atoms with Crippen molar-refractivity contribution in [3.63, 3.8) is 0 Å². The summed E-state index contributed by atoms with van der Waals surface area (Å²) in [7, 11) is 0. The smallest absolute Gasteiger partial charge is 0.347 e. The van der Waals surface area contributed by atoms with E-state index in [-0.39, 0.29) is 22.8 Å². The third-order valence-electron chi connectivity index (χ3n) is 5.85. The number of pyridine rings is 1. The third kappa shape index (κ3) is 4.02. The topological polar surface area (TPSA) is 76.5 Å². The van der Waals surface area contributed by atoms with Gasteiger partial charge in [-0.2, -0.15) is 0 Å². The Morgan fingerprint density at radius 3 is 2.42 bits per heavy atom. The molecule has 0 bridgehead atoms. The van der Waals surface area contributed by atoms with Gasteiger partial charge < -0.3 is 9.84 Å². The fourth-order valence-electron chi connectivity index (χ4n) is 3.98. The van der Waals surface area contributed by atoms with Crippen molar-refractivity contribution < 1.29 is 19.4 Å². The first-order valence-corrected chi connectivity index (χ1v) is 10.6. The fourth-order valence-corrected chi connectivity index (χ4v) is 4.21. The minimum atomic E-state index is -1.32. The highest BCUT2D eigenvalue weighted by Gasteiger charge is 2.45. The van der Waals surface area contributed by atoms with Crippen LogP contribution in [0, 0.1) is 19.8 Å². The number of halogens is 1. The number of aromatic nitrogens is 1. The van der Waals surface area contributed by atoms with Gasteiger partial charge in [0, 0.05) is 11.3 Å². The van der Waals surface area contributed by atoms with Gasteiger partial charge in [-0.05, 0) is 68.9 Å². The van der Waals surface area contributed by atoms with Gasteiger partial charge in [0.2, 0.25) is 0 Å². The van der Waals surface area contributed by atoms with Crippen molar-refractivity contribution in [1.82, 2.24) is 4.98 Å². The van der Waals surface area contributed by atoms with Gasteiger partial charge in [-0.15, -0.1) is 0 Å². The maximum atomic E-state index is 13.1. The van der Waals surface area contributed by atoms with Crippen LogP contribution in [0.5, 0.6) is 5.75 Å². The van der Waals surface area contributed by atoms with Crippen molar-refractivity contribution >= 4 is 34.3 Å². The van der Waals surface area contributed by atoms with Crippen LogP contribution in [-0.2, 0) is 4.79 Å². The van der Waals surface area contributed by atoms with Crippen molar-refractivity contribution in [2.75, 3.05) is 0 Å². The molecule has 3 aromatic rings. The van der Waals surface area contributed by atoms with E-state index in [1.54, 1.807) is 0 Å². The van der Waals surface area contributed by atoms with Gasteiger partial charge in [0.15, 0.2) is 11.4 Å². The molecule has 1 aromatic heterocycles. The Morgan fingerprint density at radius 2 is 1.77 bits per heavy atom. The molecule has 0 aliphatic heterocycles. The SMILES string of the molecule is Cc1cc(C2CC2C(=O)c2cc3ccccc3nc2Cl)cc(C)c1OC(C)(C)C(=O)O. The van der Waals surface area contributed by atoms with Gasteiger partial charge in [-0.3, -0.25) is 4.79 Å². The molecule has 0 amide bonds. The molecule has 5 nitrogen and oxygen atoms in total. The van der Waals surface area contributed by atoms with E-state index in [2.05, 4.69) is 4.98 Å². The van der Waals surface area contributed by atoms with E-state index in [1.807, 2.05) is 56.3 Å². The second-order valence-electron chi connectivity index (χ2n) is 8.73. The maximum absolute atomic E-state index is 13.1. The van der Waals surface area contributed by atoms with Crippen LogP contribution in [0.4, 0.5) is 0 Å². The Balaban J connectivity index is 1.57. The molecule has 1 N–H and O–H groups in total. The fraction of sp³-hybridized carbons (Fsp3) is 0.320. The van der Waals surface area contributed by atoms with Crippen LogP contribution in [-0.4, -0.2) is 27.4 Å². The van der Waals surface area contributed by atoms with E-state index in [9.17, 15) is 14.7 Å². The minimum Gasteiger partial charge on any atom is -0.478 e. The predicted molar refractivity (Wildman–Crippen MR) is 120 cm³/mol. The average Bonchev–Trinajstić information content (AvgIpc) is 3.50. The zero-order valence-electron chi connectivity index (χ0n) is 17.9. The molecule has 1 fully saturated rings. The van der Waals surface area contributed by atoms with E-state index < -0.39 is 11.6 Å². The van der Waals surface area contributed by atoms with Crippen LogP contribution in [0.2, 0.25) is 5.15 Å². The number of benzene rings is 2. The summed E-state index contributed by atoms with van der Waals surface area (Å²) in [4.78, 5) is 28.9. The molecule has 0 radical (unpaired) electrons. The molecular weight excluding hydrogens is 414 g/mol. The molecule has 1 saturated carbocycles. The number of carboxylic acid groups (broad SMARTS) is 1. The molecule has 0 spiro atoms. The average molecular weight is 438 g/mol. The molecular formula is C25H24ClNO4. The number of para-hydroxylation sites is 1. The highest BCUT2D eigenvalue weighted by molar-refractivity contribution is 6.33. The monoisotopic (exact) mass is 437 g/mol. The number of hydrogen-bond acceptors (Lipinski definition) is 4. The van der Waals surface area contributed by atoms with Crippen LogP contribution >= 0.6 is 11.6 Å². The van der Waals surface area contributed by atoms with Crippen LogP contribution in [0.3, 0.4) is 0 Å². The zero-order chi connectivity index (χ0) is 22.5. The molecule has 2 atom stereocenters. The lowest BCUT2D eigenvalue weighted by Gasteiger charge is -2.24. The largest absolute Gasteiger partial charge is 0.478 e. The number of ketones is 1. The summed E-state index contributed by atoms with van der Waals surface area (Å²) in [6.07, 6.45) is 0.752.